The second-order valence-corrected chi connectivity index (χ2v) is 5.85. The lowest BCUT2D eigenvalue weighted by atomic mass is 10.0. The number of thiazole rings is 1. The maximum absolute atomic E-state index is 9.92. The van der Waals surface area contributed by atoms with E-state index in [2.05, 4.69) is 23.9 Å². The van der Waals surface area contributed by atoms with Gasteiger partial charge in [-0.25, -0.2) is 4.98 Å². The Morgan fingerprint density at radius 2 is 2.29 bits per heavy atom. The van der Waals surface area contributed by atoms with Gasteiger partial charge in [-0.15, -0.1) is 0 Å². The van der Waals surface area contributed by atoms with Crippen molar-refractivity contribution in [2.45, 2.75) is 51.6 Å². The average Bonchev–Trinajstić information content (AvgIpc) is 2.75. The number of fused-ring (bicyclic) bond motifs is 1. The SMILES string of the molecule is CCCCCN(C)c1nc2c(s1)C(O)CCC2. The molecule has 4 heteroatoms. The van der Waals surface area contributed by atoms with Gasteiger partial charge in [0.1, 0.15) is 0 Å². The number of aromatic nitrogens is 1. The summed E-state index contributed by atoms with van der Waals surface area (Å²) in [7, 11) is 2.10. The first kappa shape index (κ1) is 12.8. The molecule has 1 atom stereocenters. The van der Waals surface area contributed by atoms with Gasteiger partial charge < -0.3 is 10.0 Å². The summed E-state index contributed by atoms with van der Waals surface area (Å²) in [5.41, 5.74) is 1.13. The van der Waals surface area contributed by atoms with E-state index in [0.29, 0.717) is 0 Å². The Morgan fingerprint density at radius 1 is 1.47 bits per heavy atom. The second-order valence-electron chi connectivity index (χ2n) is 4.84. The van der Waals surface area contributed by atoms with Crippen molar-refractivity contribution in [3.05, 3.63) is 10.6 Å². The highest BCUT2D eigenvalue weighted by atomic mass is 32.1. The van der Waals surface area contributed by atoms with Gasteiger partial charge in [-0.1, -0.05) is 31.1 Å². The Balaban J connectivity index is 2.01. The van der Waals surface area contributed by atoms with Crippen LogP contribution in [0.3, 0.4) is 0 Å². The van der Waals surface area contributed by atoms with Crippen LogP contribution in [0.15, 0.2) is 0 Å². The fourth-order valence-corrected chi connectivity index (χ4v) is 3.36. The van der Waals surface area contributed by atoms with E-state index in [1.165, 1.54) is 19.3 Å². The number of hydrogen-bond acceptors (Lipinski definition) is 4. The molecule has 1 heterocycles. The van der Waals surface area contributed by atoms with E-state index in [0.717, 1.165) is 41.5 Å². The summed E-state index contributed by atoms with van der Waals surface area (Å²) >= 11 is 1.67. The molecular weight excluding hydrogens is 232 g/mol. The molecule has 1 aromatic heterocycles. The van der Waals surface area contributed by atoms with E-state index < -0.39 is 0 Å². The molecule has 0 aliphatic heterocycles. The maximum atomic E-state index is 9.92. The standard InChI is InChI=1S/C13H22N2OS/c1-3-4-5-9-15(2)13-14-10-7-6-8-11(16)12(10)17-13/h11,16H,3-9H2,1-2H3. The molecule has 2 rings (SSSR count). The first-order valence-corrected chi connectivity index (χ1v) is 7.42. The van der Waals surface area contributed by atoms with E-state index in [1.807, 2.05) is 0 Å². The molecule has 3 nitrogen and oxygen atoms in total. The molecule has 0 fully saturated rings. The summed E-state index contributed by atoms with van der Waals surface area (Å²) in [6.07, 6.45) is 6.48. The first-order valence-electron chi connectivity index (χ1n) is 6.61. The van der Waals surface area contributed by atoms with Gasteiger partial charge in [0, 0.05) is 13.6 Å². The van der Waals surface area contributed by atoms with Crippen molar-refractivity contribution >= 4 is 16.5 Å². The van der Waals surface area contributed by atoms with Gasteiger partial charge >= 0.3 is 0 Å². The molecule has 1 unspecified atom stereocenters. The Kier molecular flexibility index (Phi) is 4.40. The predicted molar refractivity (Wildman–Crippen MR) is 72.8 cm³/mol. The van der Waals surface area contributed by atoms with E-state index in [4.69, 9.17) is 0 Å². The summed E-state index contributed by atoms with van der Waals surface area (Å²) in [5, 5.41) is 11.0. The Morgan fingerprint density at radius 3 is 3.00 bits per heavy atom. The van der Waals surface area contributed by atoms with Crippen molar-refractivity contribution < 1.29 is 5.11 Å². The third-order valence-corrected chi connectivity index (χ3v) is 4.65. The number of aliphatic hydroxyl groups is 1. The smallest absolute Gasteiger partial charge is 0.185 e. The number of aryl methyl sites for hydroxylation is 1. The summed E-state index contributed by atoms with van der Waals surface area (Å²) in [6, 6.07) is 0. The lowest BCUT2D eigenvalue weighted by molar-refractivity contribution is 0.160. The van der Waals surface area contributed by atoms with Gasteiger partial charge in [0.2, 0.25) is 0 Å². The van der Waals surface area contributed by atoms with Crippen LogP contribution >= 0.6 is 11.3 Å². The number of aliphatic hydroxyl groups excluding tert-OH is 1. The molecule has 1 N–H and O–H groups in total. The summed E-state index contributed by atoms with van der Waals surface area (Å²) < 4.78 is 0. The van der Waals surface area contributed by atoms with Gasteiger partial charge in [-0.05, 0) is 25.7 Å². The van der Waals surface area contributed by atoms with Gasteiger partial charge in [0.15, 0.2) is 5.13 Å². The van der Waals surface area contributed by atoms with Crippen molar-refractivity contribution in [1.82, 2.24) is 4.98 Å². The average molecular weight is 254 g/mol. The zero-order valence-electron chi connectivity index (χ0n) is 10.8. The number of nitrogens with zero attached hydrogens (tertiary/aromatic N) is 2. The van der Waals surface area contributed by atoms with E-state index in [1.54, 1.807) is 11.3 Å². The fraction of sp³-hybridized carbons (Fsp3) is 0.769. The van der Waals surface area contributed by atoms with Crippen LogP contribution < -0.4 is 4.90 Å². The molecule has 0 aromatic carbocycles. The molecule has 1 aliphatic carbocycles. The predicted octanol–water partition coefficient (Wildman–Crippen LogP) is 3.14. The van der Waals surface area contributed by atoms with Crippen LogP contribution in [0.25, 0.3) is 0 Å². The molecule has 0 amide bonds. The highest BCUT2D eigenvalue weighted by Gasteiger charge is 2.23. The molecular formula is C13H22N2OS. The molecule has 0 radical (unpaired) electrons. The minimum atomic E-state index is -0.269. The monoisotopic (exact) mass is 254 g/mol. The Labute approximate surface area is 107 Å². The lowest BCUT2D eigenvalue weighted by Crippen LogP contribution is -2.18. The third-order valence-electron chi connectivity index (χ3n) is 3.33. The van der Waals surface area contributed by atoms with Crippen molar-refractivity contribution in [3.63, 3.8) is 0 Å². The molecule has 0 spiro atoms. The molecule has 1 aromatic rings. The van der Waals surface area contributed by atoms with Crippen LogP contribution in [0.4, 0.5) is 5.13 Å². The molecule has 1 aliphatic rings. The number of hydrogen-bond donors (Lipinski definition) is 1. The van der Waals surface area contributed by atoms with Crippen LogP contribution in [0.5, 0.6) is 0 Å². The maximum Gasteiger partial charge on any atom is 0.185 e. The van der Waals surface area contributed by atoms with Gasteiger partial charge in [-0.2, -0.15) is 0 Å². The third kappa shape index (κ3) is 2.99. The number of rotatable bonds is 5. The minimum absolute atomic E-state index is 0.269. The summed E-state index contributed by atoms with van der Waals surface area (Å²) in [4.78, 5) is 8.00. The van der Waals surface area contributed by atoms with E-state index >= 15 is 0 Å². The van der Waals surface area contributed by atoms with Crippen LogP contribution in [0, 0.1) is 0 Å². The van der Waals surface area contributed by atoms with Crippen molar-refractivity contribution in [2.24, 2.45) is 0 Å². The summed E-state index contributed by atoms with van der Waals surface area (Å²) in [5.74, 6) is 0. The topological polar surface area (TPSA) is 36.4 Å². The van der Waals surface area contributed by atoms with Gasteiger partial charge in [-0.3, -0.25) is 0 Å². The quantitative estimate of drug-likeness (QED) is 0.820. The van der Waals surface area contributed by atoms with Crippen molar-refractivity contribution in [2.75, 3.05) is 18.5 Å². The molecule has 0 bridgehead atoms. The van der Waals surface area contributed by atoms with Gasteiger partial charge in [0.05, 0.1) is 16.7 Å². The number of unbranched alkanes of at least 4 members (excludes halogenated alkanes) is 2. The number of anilines is 1. The molecule has 96 valence electrons. The summed E-state index contributed by atoms with van der Waals surface area (Å²) in [6.45, 7) is 3.29. The van der Waals surface area contributed by atoms with Crippen LogP contribution in [0.1, 0.15) is 55.7 Å². The van der Waals surface area contributed by atoms with Crippen molar-refractivity contribution in [3.8, 4) is 0 Å². The largest absolute Gasteiger partial charge is 0.388 e. The highest BCUT2D eigenvalue weighted by Crippen LogP contribution is 2.37. The lowest BCUT2D eigenvalue weighted by Gasteiger charge is -2.15. The van der Waals surface area contributed by atoms with Crippen molar-refractivity contribution in [1.29, 1.82) is 0 Å². The minimum Gasteiger partial charge on any atom is -0.388 e. The Hall–Kier alpha value is -0.610. The highest BCUT2D eigenvalue weighted by molar-refractivity contribution is 7.15. The van der Waals surface area contributed by atoms with Crippen LogP contribution in [-0.4, -0.2) is 23.7 Å². The first-order chi connectivity index (χ1) is 8.22. The zero-order valence-corrected chi connectivity index (χ0v) is 11.6. The van der Waals surface area contributed by atoms with E-state index in [9.17, 15) is 5.11 Å². The fourth-order valence-electron chi connectivity index (χ4n) is 2.24. The van der Waals surface area contributed by atoms with E-state index in [-0.39, 0.29) is 6.10 Å². The molecule has 0 saturated carbocycles. The molecule has 17 heavy (non-hydrogen) atoms. The zero-order chi connectivity index (χ0) is 12.3. The Bertz CT molecular complexity index is 364. The van der Waals surface area contributed by atoms with Crippen LogP contribution in [0.2, 0.25) is 0 Å². The van der Waals surface area contributed by atoms with Crippen LogP contribution in [-0.2, 0) is 6.42 Å². The second kappa shape index (κ2) is 5.83. The normalized spacial score (nSPS) is 19.1. The molecule has 0 saturated heterocycles. The van der Waals surface area contributed by atoms with Gasteiger partial charge in [0.25, 0.3) is 0 Å².